The molecule has 0 atom stereocenters. The van der Waals surface area contributed by atoms with Gasteiger partial charge in [0.05, 0.1) is 17.5 Å². The van der Waals surface area contributed by atoms with E-state index in [1.165, 1.54) is 0 Å². The van der Waals surface area contributed by atoms with Crippen molar-refractivity contribution in [2.45, 2.75) is 20.0 Å². The van der Waals surface area contributed by atoms with Gasteiger partial charge < -0.3 is 10.5 Å². The molecule has 20 heavy (non-hydrogen) atoms. The first kappa shape index (κ1) is 13.9. The lowest BCUT2D eigenvalue weighted by molar-refractivity contribution is 0.130. The van der Waals surface area contributed by atoms with Crippen LogP contribution in [0.3, 0.4) is 0 Å². The summed E-state index contributed by atoms with van der Waals surface area (Å²) >= 11 is 0. The van der Waals surface area contributed by atoms with Crippen molar-refractivity contribution in [3.8, 4) is 11.1 Å². The first-order valence-electron chi connectivity index (χ1n) is 6.49. The van der Waals surface area contributed by atoms with Crippen LogP contribution in [-0.4, -0.2) is 12.2 Å². The lowest BCUT2D eigenvalue weighted by Crippen LogP contribution is -2.18. The molecular formula is C16H18N2O2. The van der Waals surface area contributed by atoms with Gasteiger partial charge in [-0.05, 0) is 37.1 Å². The molecule has 0 bridgehead atoms. The number of carbonyl (C=O) groups is 1. The molecule has 0 radical (unpaired) electrons. The minimum absolute atomic E-state index is 0.167. The van der Waals surface area contributed by atoms with Crippen molar-refractivity contribution >= 4 is 17.5 Å². The second-order valence-corrected chi connectivity index (χ2v) is 4.75. The third kappa shape index (κ3) is 3.51. The van der Waals surface area contributed by atoms with Gasteiger partial charge >= 0.3 is 6.09 Å². The number of amides is 1. The predicted molar refractivity (Wildman–Crippen MR) is 81.5 cm³/mol. The van der Waals surface area contributed by atoms with Crippen LogP contribution in [0, 0.1) is 0 Å². The molecule has 1 amide bonds. The van der Waals surface area contributed by atoms with Gasteiger partial charge in [0.2, 0.25) is 0 Å². The molecule has 0 spiro atoms. The highest BCUT2D eigenvalue weighted by atomic mass is 16.6. The fourth-order valence-corrected chi connectivity index (χ4v) is 1.84. The topological polar surface area (TPSA) is 64.3 Å². The van der Waals surface area contributed by atoms with Gasteiger partial charge in [-0.1, -0.05) is 36.4 Å². The SMILES string of the molecule is CC(C)OC(=O)Nc1ccc(-c2ccccc2)cc1N. The number of ether oxygens (including phenoxy) is 1. The van der Waals surface area contributed by atoms with Gasteiger partial charge in [0.1, 0.15) is 0 Å². The van der Waals surface area contributed by atoms with E-state index in [4.69, 9.17) is 10.5 Å². The Labute approximate surface area is 118 Å². The maximum atomic E-state index is 11.5. The Morgan fingerprint density at radius 1 is 1.10 bits per heavy atom. The van der Waals surface area contributed by atoms with Gasteiger partial charge in [-0.25, -0.2) is 4.79 Å². The number of carbonyl (C=O) groups excluding carboxylic acids is 1. The molecular weight excluding hydrogens is 252 g/mol. The monoisotopic (exact) mass is 270 g/mol. The molecule has 0 aliphatic carbocycles. The number of hydrogen-bond acceptors (Lipinski definition) is 3. The zero-order valence-corrected chi connectivity index (χ0v) is 11.6. The fourth-order valence-electron chi connectivity index (χ4n) is 1.84. The van der Waals surface area contributed by atoms with Crippen LogP contribution in [0.1, 0.15) is 13.8 Å². The molecule has 0 saturated carbocycles. The molecule has 4 nitrogen and oxygen atoms in total. The molecule has 0 saturated heterocycles. The van der Waals surface area contributed by atoms with Gasteiger partial charge in [0, 0.05) is 0 Å². The largest absolute Gasteiger partial charge is 0.447 e. The third-order valence-electron chi connectivity index (χ3n) is 2.74. The molecule has 2 aromatic carbocycles. The number of rotatable bonds is 3. The summed E-state index contributed by atoms with van der Waals surface area (Å²) in [5, 5.41) is 2.63. The van der Waals surface area contributed by atoms with Crippen LogP contribution < -0.4 is 11.1 Å². The number of anilines is 2. The third-order valence-corrected chi connectivity index (χ3v) is 2.74. The van der Waals surface area contributed by atoms with E-state index in [0.717, 1.165) is 11.1 Å². The maximum absolute atomic E-state index is 11.5. The normalized spacial score (nSPS) is 10.3. The van der Waals surface area contributed by atoms with Crippen LogP contribution in [0.25, 0.3) is 11.1 Å². The average molecular weight is 270 g/mol. The van der Waals surface area contributed by atoms with Crippen LogP contribution >= 0.6 is 0 Å². The number of hydrogen-bond donors (Lipinski definition) is 2. The van der Waals surface area contributed by atoms with Gasteiger partial charge in [0.25, 0.3) is 0 Å². The predicted octanol–water partition coefficient (Wildman–Crippen LogP) is 3.89. The maximum Gasteiger partial charge on any atom is 0.411 e. The Balaban J connectivity index is 2.16. The van der Waals surface area contributed by atoms with Crippen molar-refractivity contribution in [2.75, 3.05) is 11.1 Å². The number of nitrogens with two attached hydrogens (primary N) is 1. The van der Waals surface area contributed by atoms with Gasteiger partial charge in [-0.3, -0.25) is 5.32 Å². The minimum atomic E-state index is -0.501. The van der Waals surface area contributed by atoms with E-state index < -0.39 is 6.09 Å². The Bertz CT molecular complexity index is 595. The van der Waals surface area contributed by atoms with Gasteiger partial charge in [0.15, 0.2) is 0 Å². The lowest BCUT2D eigenvalue weighted by atomic mass is 10.0. The van der Waals surface area contributed by atoms with Crippen molar-refractivity contribution in [2.24, 2.45) is 0 Å². The summed E-state index contributed by atoms with van der Waals surface area (Å²) in [4.78, 5) is 11.5. The molecule has 0 aliphatic rings. The van der Waals surface area contributed by atoms with Crippen LogP contribution in [0.15, 0.2) is 48.5 Å². The second-order valence-electron chi connectivity index (χ2n) is 4.75. The first-order chi connectivity index (χ1) is 9.56. The van der Waals surface area contributed by atoms with Gasteiger partial charge in [-0.2, -0.15) is 0 Å². The molecule has 0 heterocycles. The molecule has 0 aliphatic heterocycles. The molecule has 0 aromatic heterocycles. The summed E-state index contributed by atoms with van der Waals surface area (Å²) in [5.74, 6) is 0. The van der Waals surface area contributed by atoms with E-state index in [-0.39, 0.29) is 6.10 Å². The molecule has 2 aromatic rings. The standard InChI is InChI=1S/C16H18N2O2/c1-11(2)20-16(19)18-15-9-8-13(10-14(15)17)12-6-4-3-5-7-12/h3-11H,17H2,1-2H3,(H,18,19). The zero-order chi connectivity index (χ0) is 14.5. The van der Waals surface area contributed by atoms with Crippen molar-refractivity contribution in [1.82, 2.24) is 0 Å². The van der Waals surface area contributed by atoms with E-state index in [0.29, 0.717) is 11.4 Å². The molecule has 0 fully saturated rings. The number of nitrogens with one attached hydrogen (secondary N) is 1. The Hall–Kier alpha value is -2.49. The molecule has 104 valence electrons. The zero-order valence-electron chi connectivity index (χ0n) is 11.6. The summed E-state index contributed by atoms with van der Waals surface area (Å²) in [7, 11) is 0. The van der Waals surface area contributed by atoms with E-state index >= 15 is 0 Å². The summed E-state index contributed by atoms with van der Waals surface area (Å²) in [6, 6.07) is 15.4. The van der Waals surface area contributed by atoms with E-state index in [9.17, 15) is 4.79 Å². The van der Waals surface area contributed by atoms with Crippen LogP contribution in [-0.2, 0) is 4.74 Å². The molecule has 4 heteroatoms. The quantitative estimate of drug-likeness (QED) is 0.831. The van der Waals surface area contributed by atoms with Crippen molar-refractivity contribution in [1.29, 1.82) is 0 Å². The Morgan fingerprint density at radius 3 is 2.40 bits per heavy atom. The van der Waals surface area contributed by atoms with Crippen LogP contribution in [0.2, 0.25) is 0 Å². The summed E-state index contributed by atoms with van der Waals surface area (Å²) < 4.78 is 5.02. The number of benzene rings is 2. The smallest absolute Gasteiger partial charge is 0.411 e. The van der Waals surface area contributed by atoms with Crippen molar-refractivity contribution in [3.63, 3.8) is 0 Å². The summed E-state index contributed by atoms with van der Waals surface area (Å²) in [5.41, 5.74) is 9.11. The molecule has 2 rings (SSSR count). The second kappa shape index (κ2) is 6.10. The Kier molecular flexibility index (Phi) is 4.25. The van der Waals surface area contributed by atoms with E-state index in [1.807, 2.05) is 42.5 Å². The van der Waals surface area contributed by atoms with E-state index in [2.05, 4.69) is 5.32 Å². The molecule has 3 N–H and O–H groups in total. The summed E-state index contributed by atoms with van der Waals surface area (Å²) in [6.45, 7) is 3.59. The van der Waals surface area contributed by atoms with Crippen LogP contribution in [0.5, 0.6) is 0 Å². The average Bonchev–Trinajstić information content (AvgIpc) is 2.41. The first-order valence-corrected chi connectivity index (χ1v) is 6.49. The molecule has 0 unspecified atom stereocenters. The van der Waals surface area contributed by atoms with E-state index in [1.54, 1.807) is 19.9 Å². The van der Waals surface area contributed by atoms with Gasteiger partial charge in [-0.15, -0.1) is 0 Å². The highest BCUT2D eigenvalue weighted by Crippen LogP contribution is 2.26. The highest BCUT2D eigenvalue weighted by molar-refractivity contribution is 5.90. The fraction of sp³-hybridized carbons (Fsp3) is 0.188. The minimum Gasteiger partial charge on any atom is -0.447 e. The Morgan fingerprint density at radius 2 is 1.80 bits per heavy atom. The number of nitrogen functional groups attached to an aromatic ring is 1. The summed E-state index contributed by atoms with van der Waals surface area (Å²) in [6.07, 6.45) is -0.668. The van der Waals surface area contributed by atoms with Crippen LogP contribution in [0.4, 0.5) is 16.2 Å². The van der Waals surface area contributed by atoms with Crippen molar-refractivity contribution in [3.05, 3.63) is 48.5 Å². The lowest BCUT2D eigenvalue weighted by Gasteiger charge is -2.12. The van der Waals surface area contributed by atoms with Crippen molar-refractivity contribution < 1.29 is 9.53 Å². The highest BCUT2D eigenvalue weighted by Gasteiger charge is 2.08.